The third-order valence-electron chi connectivity index (χ3n) is 3.86. The molecular formula is C12H14F2N2O3S. The molecule has 8 heteroatoms. The third kappa shape index (κ3) is 1.99. The lowest BCUT2D eigenvalue weighted by Crippen LogP contribution is -2.64. The van der Waals surface area contributed by atoms with Gasteiger partial charge in [0.25, 0.3) is 0 Å². The highest BCUT2D eigenvalue weighted by atomic mass is 32.2. The van der Waals surface area contributed by atoms with Crippen LogP contribution < -0.4 is 5.73 Å². The zero-order chi connectivity index (χ0) is 14.7. The first-order valence-electron chi connectivity index (χ1n) is 6.21. The van der Waals surface area contributed by atoms with Crippen molar-refractivity contribution in [1.82, 2.24) is 4.31 Å². The molecule has 0 aromatic heterocycles. The summed E-state index contributed by atoms with van der Waals surface area (Å²) in [5.74, 6) is -2.34. The van der Waals surface area contributed by atoms with Gasteiger partial charge in [0, 0.05) is 18.8 Å². The number of nitrogens with zero attached hydrogens (tertiary/aromatic N) is 1. The second-order valence-corrected chi connectivity index (χ2v) is 7.34. The van der Waals surface area contributed by atoms with Gasteiger partial charge in [0.15, 0.2) is 4.90 Å². The Kier molecular flexibility index (Phi) is 2.83. The first-order valence-corrected chi connectivity index (χ1v) is 7.65. The summed E-state index contributed by atoms with van der Waals surface area (Å²) >= 11 is 0. The van der Waals surface area contributed by atoms with E-state index < -0.39 is 32.2 Å². The smallest absolute Gasteiger partial charge is 0.249 e. The molecule has 3 rings (SSSR count). The van der Waals surface area contributed by atoms with Gasteiger partial charge in [-0.2, -0.15) is 4.31 Å². The molecule has 1 aliphatic carbocycles. The molecule has 0 amide bonds. The zero-order valence-corrected chi connectivity index (χ0v) is 11.3. The van der Waals surface area contributed by atoms with Crippen LogP contribution in [0.2, 0.25) is 0 Å². The van der Waals surface area contributed by atoms with E-state index >= 15 is 0 Å². The molecule has 1 saturated heterocycles. The van der Waals surface area contributed by atoms with Crippen molar-refractivity contribution in [1.29, 1.82) is 0 Å². The van der Waals surface area contributed by atoms with Crippen molar-refractivity contribution in [2.24, 2.45) is 5.92 Å². The maximum atomic E-state index is 13.7. The van der Waals surface area contributed by atoms with Crippen LogP contribution in [0.3, 0.4) is 0 Å². The third-order valence-corrected chi connectivity index (χ3v) is 5.70. The highest BCUT2D eigenvalue weighted by molar-refractivity contribution is 7.89. The number of benzene rings is 1. The van der Waals surface area contributed by atoms with Crippen molar-refractivity contribution in [3.05, 3.63) is 23.8 Å². The van der Waals surface area contributed by atoms with E-state index in [9.17, 15) is 22.3 Å². The summed E-state index contributed by atoms with van der Waals surface area (Å²) in [6, 6.07) is 1.53. The Morgan fingerprint density at radius 2 is 1.75 bits per heavy atom. The number of nitrogen functional groups attached to an aromatic ring is 1. The number of hydrogen-bond donors (Lipinski definition) is 2. The summed E-state index contributed by atoms with van der Waals surface area (Å²) in [6.07, 6.45) is 1.71. The summed E-state index contributed by atoms with van der Waals surface area (Å²) in [6.45, 7) is -0.244. The molecule has 110 valence electrons. The summed E-state index contributed by atoms with van der Waals surface area (Å²) in [7, 11) is -4.29. The Morgan fingerprint density at radius 1 is 1.25 bits per heavy atom. The Hall–Kier alpha value is -1.25. The minimum absolute atomic E-state index is 0.0926. The molecular weight excluding hydrogens is 290 g/mol. The average Bonchev–Trinajstić information content (AvgIpc) is 3.06. The van der Waals surface area contributed by atoms with Crippen LogP contribution >= 0.6 is 0 Å². The SMILES string of the molecule is Nc1cc(F)c(S(=O)(=O)N2CC(O)(C3CC3)C2)c(F)c1. The Balaban J connectivity index is 1.90. The lowest BCUT2D eigenvalue weighted by molar-refractivity contribution is -0.0766. The molecule has 1 heterocycles. The van der Waals surface area contributed by atoms with Crippen molar-refractivity contribution >= 4 is 15.7 Å². The highest BCUT2D eigenvalue weighted by Gasteiger charge is 2.55. The predicted molar refractivity (Wildman–Crippen MR) is 67.2 cm³/mol. The maximum absolute atomic E-state index is 13.7. The number of hydrogen-bond acceptors (Lipinski definition) is 4. The number of nitrogens with two attached hydrogens (primary N) is 1. The van der Waals surface area contributed by atoms with Gasteiger partial charge in [-0.05, 0) is 30.9 Å². The lowest BCUT2D eigenvalue weighted by atomic mass is 9.91. The van der Waals surface area contributed by atoms with Crippen molar-refractivity contribution in [2.45, 2.75) is 23.3 Å². The molecule has 20 heavy (non-hydrogen) atoms. The van der Waals surface area contributed by atoms with E-state index in [1.165, 1.54) is 0 Å². The molecule has 3 N–H and O–H groups in total. The topological polar surface area (TPSA) is 83.6 Å². The van der Waals surface area contributed by atoms with Gasteiger partial charge in [-0.25, -0.2) is 17.2 Å². The van der Waals surface area contributed by atoms with Gasteiger partial charge in [0.2, 0.25) is 10.0 Å². The fourth-order valence-electron chi connectivity index (χ4n) is 2.57. The molecule has 2 aliphatic rings. The van der Waals surface area contributed by atoms with Gasteiger partial charge in [-0.3, -0.25) is 0 Å². The second-order valence-electron chi connectivity index (χ2n) is 5.46. The minimum atomic E-state index is -4.29. The van der Waals surface area contributed by atoms with E-state index in [0.717, 1.165) is 29.3 Å². The minimum Gasteiger partial charge on any atom is -0.399 e. The lowest BCUT2D eigenvalue weighted by Gasteiger charge is -2.45. The molecule has 1 saturated carbocycles. The van der Waals surface area contributed by atoms with Crippen molar-refractivity contribution in [3.63, 3.8) is 0 Å². The van der Waals surface area contributed by atoms with Crippen LogP contribution in [0.15, 0.2) is 17.0 Å². The standard InChI is InChI=1S/C12H14F2N2O3S/c13-9-3-8(15)4-10(14)11(9)20(18,19)16-5-12(17,6-16)7-1-2-7/h3-4,7,17H,1-2,5-6,15H2. The Morgan fingerprint density at radius 3 is 2.20 bits per heavy atom. The summed E-state index contributed by atoms with van der Waals surface area (Å²) in [5, 5.41) is 10.1. The van der Waals surface area contributed by atoms with Gasteiger partial charge in [0.05, 0.1) is 5.60 Å². The van der Waals surface area contributed by atoms with E-state index in [1.54, 1.807) is 0 Å². The van der Waals surface area contributed by atoms with E-state index in [-0.39, 0.29) is 24.7 Å². The maximum Gasteiger partial charge on any atom is 0.249 e. The predicted octanol–water partition coefficient (Wildman–Crippen LogP) is 0.692. The second kappa shape index (κ2) is 4.12. The van der Waals surface area contributed by atoms with Crippen molar-refractivity contribution in [2.75, 3.05) is 18.8 Å². The fourth-order valence-corrected chi connectivity index (χ4v) is 4.22. The van der Waals surface area contributed by atoms with Gasteiger partial charge in [-0.1, -0.05) is 0 Å². The van der Waals surface area contributed by atoms with Crippen molar-refractivity contribution in [3.8, 4) is 0 Å². The van der Waals surface area contributed by atoms with Crippen LogP contribution in [0.5, 0.6) is 0 Å². The van der Waals surface area contributed by atoms with Crippen LogP contribution in [0.25, 0.3) is 0 Å². The van der Waals surface area contributed by atoms with E-state index in [1.807, 2.05) is 0 Å². The van der Waals surface area contributed by atoms with Crippen LogP contribution in [0, 0.1) is 17.6 Å². The molecule has 1 aliphatic heterocycles. The van der Waals surface area contributed by atoms with E-state index in [0.29, 0.717) is 0 Å². The van der Waals surface area contributed by atoms with E-state index in [2.05, 4.69) is 0 Å². The molecule has 0 spiro atoms. The first kappa shape index (κ1) is 13.7. The molecule has 5 nitrogen and oxygen atoms in total. The molecule has 0 atom stereocenters. The van der Waals surface area contributed by atoms with Crippen molar-refractivity contribution < 1.29 is 22.3 Å². The van der Waals surface area contributed by atoms with Gasteiger partial charge >= 0.3 is 0 Å². The van der Waals surface area contributed by atoms with Crippen LogP contribution in [0.1, 0.15) is 12.8 Å². The van der Waals surface area contributed by atoms with E-state index in [4.69, 9.17) is 5.73 Å². The molecule has 0 radical (unpaired) electrons. The Labute approximate surface area is 115 Å². The number of β-amino-alcohol motifs (C(OH)–C–C–N with tert-alkyl or cyclic N) is 1. The summed E-state index contributed by atoms with van der Waals surface area (Å²) in [4.78, 5) is -1.01. The van der Waals surface area contributed by atoms with Crippen LogP contribution in [-0.4, -0.2) is 36.5 Å². The number of rotatable bonds is 3. The molecule has 1 aromatic rings. The highest BCUT2D eigenvalue weighted by Crippen LogP contribution is 2.46. The Bertz CT molecular complexity index is 644. The van der Waals surface area contributed by atoms with Gasteiger partial charge in [-0.15, -0.1) is 0 Å². The fraction of sp³-hybridized carbons (Fsp3) is 0.500. The monoisotopic (exact) mass is 304 g/mol. The quantitative estimate of drug-likeness (QED) is 0.805. The number of sulfonamides is 1. The molecule has 0 unspecified atom stereocenters. The molecule has 2 fully saturated rings. The molecule has 1 aromatic carbocycles. The number of aliphatic hydroxyl groups is 1. The largest absolute Gasteiger partial charge is 0.399 e. The summed E-state index contributed by atoms with van der Waals surface area (Å²) in [5.41, 5.74) is 4.03. The number of halogens is 2. The number of anilines is 1. The van der Waals surface area contributed by atoms with Gasteiger partial charge in [0.1, 0.15) is 11.6 Å². The molecule has 0 bridgehead atoms. The van der Waals surface area contributed by atoms with Gasteiger partial charge < -0.3 is 10.8 Å². The average molecular weight is 304 g/mol. The zero-order valence-electron chi connectivity index (χ0n) is 10.5. The normalized spacial score (nSPS) is 22.6. The first-order chi connectivity index (χ1) is 9.24. The van der Waals surface area contributed by atoms with Crippen LogP contribution in [-0.2, 0) is 10.0 Å². The van der Waals surface area contributed by atoms with Crippen LogP contribution in [0.4, 0.5) is 14.5 Å². The summed E-state index contributed by atoms with van der Waals surface area (Å²) < 4.78 is 52.7.